The van der Waals surface area contributed by atoms with Gasteiger partial charge in [-0.15, -0.1) is 0 Å². The van der Waals surface area contributed by atoms with Gasteiger partial charge in [0, 0.05) is 12.1 Å². The quantitative estimate of drug-likeness (QED) is 0.492. The van der Waals surface area contributed by atoms with E-state index in [0.29, 0.717) is 6.04 Å². The molecule has 1 nitrogen and oxygen atoms in total. The van der Waals surface area contributed by atoms with Crippen LogP contribution in [0, 0.1) is 5.92 Å². The van der Waals surface area contributed by atoms with Crippen molar-refractivity contribution in [3.63, 3.8) is 0 Å². The van der Waals surface area contributed by atoms with Gasteiger partial charge in [-0.1, -0.05) is 51.9 Å². The molecule has 0 aromatic heterocycles. The molecule has 2 atom stereocenters. The summed E-state index contributed by atoms with van der Waals surface area (Å²) in [6.07, 6.45) is 14.2. The molecule has 1 rings (SSSR count). The number of rotatable bonds is 7. The molecule has 0 heterocycles. The van der Waals surface area contributed by atoms with E-state index in [0.717, 1.165) is 12.0 Å². The van der Waals surface area contributed by atoms with Gasteiger partial charge in [0.25, 0.3) is 0 Å². The standard InChI is InChI=1S/C16H33N/c1-4-5-8-11-14(2)17-15(3)16-12-9-6-7-10-13-16/h14-17H,4-13H2,1-3H3/t14?,15-/m0/s1. The Labute approximate surface area is 109 Å². The number of hydrogen-bond acceptors (Lipinski definition) is 1. The second-order valence-electron chi connectivity index (χ2n) is 6.10. The maximum Gasteiger partial charge on any atom is 0.00694 e. The third kappa shape index (κ3) is 6.45. The highest BCUT2D eigenvalue weighted by Crippen LogP contribution is 2.25. The van der Waals surface area contributed by atoms with Crippen molar-refractivity contribution in [2.75, 3.05) is 0 Å². The van der Waals surface area contributed by atoms with Gasteiger partial charge in [-0.05, 0) is 39.0 Å². The van der Waals surface area contributed by atoms with Gasteiger partial charge in [0.15, 0.2) is 0 Å². The van der Waals surface area contributed by atoms with Gasteiger partial charge in [0.1, 0.15) is 0 Å². The SMILES string of the molecule is CCCCCC(C)N[C@@H](C)C1CCCCCC1. The summed E-state index contributed by atoms with van der Waals surface area (Å²) in [5.74, 6) is 0.936. The molecule has 1 heteroatoms. The second-order valence-corrected chi connectivity index (χ2v) is 6.10. The Hall–Kier alpha value is -0.0400. The molecule has 1 saturated carbocycles. The lowest BCUT2D eigenvalue weighted by molar-refractivity contribution is 0.306. The summed E-state index contributed by atoms with van der Waals surface area (Å²) in [6, 6.07) is 1.43. The minimum atomic E-state index is 0.708. The van der Waals surface area contributed by atoms with Crippen LogP contribution in [0.4, 0.5) is 0 Å². The molecule has 0 bridgehead atoms. The Morgan fingerprint density at radius 1 is 1.00 bits per heavy atom. The first-order valence-electron chi connectivity index (χ1n) is 8.00. The van der Waals surface area contributed by atoms with Crippen LogP contribution in [-0.4, -0.2) is 12.1 Å². The van der Waals surface area contributed by atoms with Gasteiger partial charge in [-0.25, -0.2) is 0 Å². The monoisotopic (exact) mass is 239 g/mol. The fourth-order valence-corrected chi connectivity index (χ4v) is 3.18. The lowest BCUT2D eigenvalue weighted by Crippen LogP contribution is -2.39. The van der Waals surface area contributed by atoms with E-state index in [4.69, 9.17) is 0 Å². The third-order valence-corrected chi connectivity index (χ3v) is 4.40. The van der Waals surface area contributed by atoms with Gasteiger partial charge >= 0.3 is 0 Å². The first-order chi connectivity index (χ1) is 8.24. The molecule has 0 radical (unpaired) electrons. The minimum absolute atomic E-state index is 0.708. The molecule has 1 unspecified atom stereocenters. The number of nitrogens with one attached hydrogen (secondary N) is 1. The molecular formula is C16H33N. The predicted molar refractivity (Wildman–Crippen MR) is 77.4 cm³/mol. The van der Waals surface area contributed by atoms with Crippen LogP contribution in [0.2, 0.25) is 0 Å². The van der Waals surface area contributed by atoms with E-state index in [9.17, 15) is 0 Å². The van der Waals surface area contributed by atoms with E-state index in [-0.39, 0.29) is 0 Å². The largest absolute Gasteiger partial charge is 0.312 e. The van der Waals surface area contributed by atoms with Crippen molar-refractivity contribution in [2.24, 2.45) is 5.92 Å². The number of hydrogen-bond donors (Lipinski definition) is 1. The fraction of sp³-hybridized carbons (Fsp3) is 1.00. The first kappa shape index (κ1) is 15.0. The molecule has 1 aliphatic carbocycles. The molecule has 17 heavy (non-hydrogen) atoms. The normalized spacial score (nSPS) is 22.1. The Kier molecular flexibility index (Phi) is 7.92. The van der Waals surface area contributed by atoms with Crippen LogP contribution in [0.25, 0.3) is 0 Å². The molecular weight excluding hydrogens is 206 g/mol. The van der Waals surface area contributed by atoms with Gasteiger partial charge in [-0.3, -0.25) is 0 Å². The van der Waals surface area contributed by atoms with E-state index < -0.39 is 0 Å². The molecule has 0 saturated heterocycles. The average molecular weight is 239 g/mol. The van der Waals surface area contributed by atoms with Gasteiger partial charge in [0.05, 0.1) is 0 Å². The van der Waals surface area contributed by atoms with Crippen LogP contribution in [0.1, 0.15) is 85.0 Å². The third-order valence-electron chi connectivity index (χ3n) is 4.40. The molecule has 0 amide bonds. The Balaban J connectivity index is 2.19. The smallest absolute Gasteiger partial charge is 0.00694 e. The highest BCUT2D eigenvalue weighted by atomic mass is 14.9. The maximum atomic E-state index is 3.84. The van der Waals surface area contributed by atoms with Gasteiger partial charge < -0.3 is 5.32 Å². The summed E-state index contributed by atoms with van der Waals surface area (Å²) < 4.78 is 0. The van der Waals surface area contributed by atoms with Crippen LogP contribution in [0.3, 0.4) is 0 Å². The van der Waals surface area contributed by atoms with Crippen LogP contribution < -0.4 is 5.32 Å². The lowest BCUT2D eigenvalue weighted by atomic mass is 9.92. The van der Waals surface area contributed by atoms with Crippen molar-refractivity contribution in [1.82, 2.24) is 5.32 Å². The summed E-state index contributed by atoms with van der Waals surface area (Å²) >= 11 is 0. The summed E-state index contributed by atoms with van der Waals surface area (Å²) in [4.78, 5) is 0. The topological polar surface area (TPSA) is 12.0 Å². The summed E-state index contributed by atoms with van der Waals surface area (Å²) in [7, 11) is 0. The first-order valence-corrected chi connectivity index (χ1v) is 8.00. The fourth-order valence-electron chi connectivity index (χ4n) is 3.18. The van der Waals surface area contributed by atoms with Crippen molar-refractivity contribution in [1.29, 1.82) is 0 Å². The molecule has 102 valence electrons. The molecule has 0 spiro atoms. The maximum absolute atomic E-state index is 3.84. The summed E-state index contributed by atoms with van der Waals surface area (Å²) in [5, 5.41) is 3.84. The predicted octanol–water partition coefficient (Wildman–Crippen LogP) is 4.90. The summed E-state index contributed by atoms with van der Waals surface area (Å²) in [5.41, 5.74) is 0. The van der Waals surface area contributed by atoms with Crippen LogP contribution in [0.15, 0.2) is 0 Å². The van der Waals surface area contributed by atoms with Crippen LogP contribution in [-0.2, 0) is 0 Å². The Morgan fingerprint density at radius 2 is 1.65 bits per heavy atom. The zero-order valence-corrected chi connectivity index (χ0v) is 12.3. The minimum Gasteiger partial charge on any atom is -0.312 e. The molecule has 0 aliphatic heterocycles. The van der Waals surface area contributed by atoms with Crippen LogP contribution >= 0.6 is 0 Å². The molecule has 1 aliphatic rings. The molecule has 0 aromatic rings. The van der Waals surface area contributed by atoms with Gasteiger partial charge in [0.2, 0.25) is 0 Å². The Bertz CT molecular complexity index is 170. The zero-order valence-electron chi connectivity index (χ0n) is 12.3. The highest BCUT2D eigenvalue weighted by molar-refractivity contribution is 4.77. The molecule has 1 fully saturated rings. The van der Waals surface area contributed by atoms with E-state index in [1.807, 2.05) is 0 Å². The average Bonchev–Trinajstić information content (AvgIpc) is 2.57. The van der Waals surface area contributed by atoms with Crippen molar-refractivity contribution >= 4 is 0 Å². The van der Waals surface area contributed by atoms with Crippen molar-refractivity contribution in [2.45, 2.75) is 97.1 Å². The Morgan fingerprint density at radius 3 is 2.24 bits per heavy atom. The van der Waals surface area contributed by atoms with Crippen molar-refractivity contribution in [3.8, 4) is 0 Å². The lowest BCUT2D eigenvalue weighted by Gasteiger charge is -2.27. The second kappa shape index (κ2) is 8.97. The summed E-state index contributed by atoms with van der Waals surface area (Å²) in [6.45, 7) is 7.06. The molecule has 0 aromatic carbocycles. The van der Waals surface area contributed by atoms with Crippen molar-refractivity contribution < 1.29 is 0 Å². The zero-order chi connectivity index (χ0) is 12.5. The van der Waals surface area contributed by atoms with Crippen molar-refractivity contribution in [3.05, 3.63) is 0 Å². The van der Waals surface area contributed by atoms with Crippen LogP contribution in [0.5, 0.6) is 0 Å². The van der Waals surface area contributed by atoms with E-state index in [2.05, 4.69) is 26.1 Å². The number of unbranched alkanes of at least 4 members (excludes halogenated alkanes) is 2. The van der Waals surface area contributed by atoms with E-state index in [1.54, 1.807) is 0 Å². The highest BCUT2D eigenvalue weighted by Gasteiger charge is 2.19. The van der Waals surface area contributed by atoms with Gasteiger partial charge in [-0.2, -0.15) is 0 Å². The van der Waals surface area contributed by atoms with E-state index >= 15 is 0 Å². The van der Waals surface area contributed by atoms with E-state index in [1.165, 1.54) is 64.2 Å². The molecule has 1 N–H and O–H groups in total.